The van der Waals surface area contributed by atoms with E-state index in [4.69, 9.17) is 17.2 Å². The zero-order chi connectivity index (χ0) is 13.6. The molecule has 1 aromatic carbocycles. The van der Waals surface area contributed by atoms with Crippen molar-refractivity contribution < 1.29 is 0 Å². The molecule has 1 aromatic rings. The van der Waals surface area contributed by atoms with Gasteiger partial charge in [0.2, 0.25) is 0 Å². The van der Waals surface area contributed by atoms with Gasteiger partial charge in [0.1, 0.15) is 0 Å². The molecule has 0 radical (unpaired) electrons. The molecule has 0 fully saturated rings. The molecule has 0 bridgehead atoms. The van der Waals surface area contributed by atoms with E-state index in [2.05, 4.69) is 0 Å². The molecule has 0 atom stereocenters. The molecule has 3 heteroatoms. The van der Waals surface area contributed by atoms with Crippen molar-refractivity contribution >= 4 is 5.69 Å². The average Bonchev–Trinajstić information content (AvgIpc) is 2.38. The maximum atomic E-state index is 5.43. The normalized spacial score (nSPS) is 9.72. The molecule has 0 heterocycles. The molecule has 3 nitrogen and oxygen atoms in total. The molecule has 0 aromatic heterocycles. The van der Waals surface area contributed by atoms with Gasteiger partial charge < -0.3 is 17.2 Å². The van der Waals surface area contributed by atoms with Crippen LogP contribution in [0.1, 0.15) is 44.1 Å². The first-order valence-electron chi connectivity index (χ1n) is 6.93. The highest BCUT2D eigenvalue weighted by molar-refractivity contribution is 5.38. The summed E-state index contributed by atoms with van der Waals surface area (Å²) in [4.78, 5) is 0. The molecular formula is C15H29N3. The minimum absolute atomic E-state index is 0.829. The lowest BCUT2D eigenvalue weighted by atomic mass is 10.1. The second-order valence-electron chi connectivity index (χ2n) is 4.61. The molecule has 0 aliphatic carbocycles. The third-order valence-electron chi connectivity index (χ3n) is 2.74. The van der Waals surface area contributed by atoms with Crippen LogP contribution in [0.25, 0.3) is 0 Å². The number of hydrogen-bond donors (Lipinski definition) is 3. The van der Waals surface area contributed by atoms with Gasteiger partial charge in [0, 0.05) is 5.69 Å². The van der Waals surface area contributed by atoms with E-state index in [0.29, 0.717) is 0 Å². The lowest BCUT2D eigenvalue weighted by Crippen LogP contribution is -1.99. The Morgan fingerprint density at radius 1 is 0.722 bits per heavy atom. The van der Waals surface area contributed by atoms with Gasteiger partial charge in [-0.1, -0.05) is 43.4 Å². The van der Waals surface area contributed by atoms with Crippen molar-refractivity contribution in [2.24, 2.45) is 11.5 Å². The molecule has 0 unspecified atom stereocenters. The summed E-state index contributed by atoms with van der Waals surface area (Å²) in [6, 6.07) is 7.79. The maximum absolute atomic E-state index is 5.43. The molecule has 0 saturated carbocycles. The highest BCUT2D eigenvalue weighted by Crippen LogP contribution is 2.03. The van der Waals surface area contributed by atoms with Gasteiger partial charge in [-0.3, -0.25) is 0 Å². The maximum Gasteiger partial charge on any atom is 0.0314 e. The van der Waals surface area contributed by atoms with E-state index < -0.39 is 0 Å². The Bertz CT molecular complexity index is 241. The number of aryl methyl sites for hydroxylation is 1. The molecular weight excluding hydrogens is 222 g/mol. The number of unbranched alkanes of at least 4 members (excludes halogenated alkanes) is 5. The van der Waals surface area contributed by atoms with Crippen molar-refractivity contribution in [1.82, 2.24) is 0 Å². The Hall–Kier alpha value is -1.06. The third kappa shape index (κ3) is 11.4. The summed E-state index contributed by atoms with van der Waals surface area (Å²) in [6.45, 7) is 3.73. The third-order valence-corrected chi connectivity index (χ3v) is 2.74. The summed E-state index contributed by atoms with van der Waals surface area (Å²) in [5, 5.41) is 0. The molecule has 0 spiro atoms. The minimum atomic E-state index is 0.829. The fraction of sp³-hybridized carbons (Fsp3) is 0.600. The molecule has 0 saturated heterocycles. The standard InChI is InChI=1S/C8H20N2.C7H9N/c9-7-5-3-1-2-4-6-8-10;1-6-2-4-7(8)5-3-6/h1-10H2;2-5H,8H2,1H3. The van der Waals surface area contributed by atoms with Crippen LogP contribution in [0.3, 0.4) is 0 Å². The van der Waals surface area contributed by atoms with E-state index in [1.807, 2.05) is 31.2 Å². The first-order chi connectivity index (χ1) is 8.70. The zero-order valence-electron chi connectivity index (χ0n) is 11.7. The number of anilines is 1. The van der Waals surface area contributed by atoms with E-state index in [1.165, 1.54) is 44.1 Å². The highest BCUT2D eigenvalue weighted by Gasteiger charge is 1.87. The molecule has 0 aliphatic rings. The smallest absolute Gasteiger partial charge is 0.0314 e. The fourth-order valence-corrected chi connectivity index (χ4v) is 1.56. The summed E-state index contributed by atoms with van der Waals surface area (Å²) in [7, 11) is 0. The number of nitrogen functional groups attached to an aromatic ring is 1. The van der Waals surface area contributed by atoms with Gasteiger partial charge in [-0.15, -0.1) is 0 Å². The van der Waals surface area contributed by atoms with Crippen LogP contribution < -0.4 is 17.2 Å². The van der Waals surface area contributed by atoms with Crippen molar-refractivity contribution in [3.63, 3.8) is 0 Å². The van der Waals surface area contributed by atoms with Crippen LogP contribution in [0.2, 0.25) is 0 Å². The number of nitrogens with two attached hydrogens (primary N) is 3. The molecule has 18 heavy (non-hydrogen) atoms. The minimum Gasteiger partial charge on any atom is -0.399 e. The van der Waals surface area contributed by atoms with Crippen molar-refractivity contribution in [1.29, 1.82) is 0 Å². The van der Waals surface area contributed by atoms with Crippen LogP contribution in [0.15, 0.2) is 24.3 Å². The summed E-state index contributed by atoms with van der Waals surface area (Å²) >= 11 is 0. The first kappa shape index (κ1) is 16.9. The van der Waals surface area contributed by atoms with Crippen LogP contribution in [0, 0.1) is 6.92 Å². The van der Waals surface area contributed by atoms with E-state index in [1.54, 1.807) is 0 Å². The molecule has 0 aliphatic heterocycles. The van der Waals surface area contributed by atoms with E-state index in [-0.39, 0.29) is 0 Å². The van der Waals surface area contributed by atoms with Crippen LogP contribution >= 0.6 is 0 Å². The van der Waals surface area contributed by atoms with E-state index >= 15 is 0 Å². The Labute approximate surface area is 112 Å². The lowest BCUT2D eigenvalue weighted by Gasteiger charge is -1.97. The molecule has 0 amide bonds. The quantitative estimate of drug-likeness (QED) is 0.515. The summed E-state index contributed by atoms with van der Waals surface area (Å²) < 4.78 is 0. The lowest BCUT2D eigenvalue weighted by molar-refractivity contribution is 0.601. The zero-order valence-corrected chi connectivity index (χ0v) is 11.7. The largest absolute Gasteiger partial charge is 0.399 e. The monoisotopic (exact) mass is 251 g/mol. The Kier molecular flexibility index (Phi) is 11.7. The van der Waals surface area contributed by atoms with Crippen LogP contribution in [0.5, 0.6) is 0 Å². The number of rotatable bonds is 7. The van der Waals surface area contributed by atoms with Gasteiger partial charge in [0.15, 0.2) is 0 Å². The SMILES string of the molecule is Cc1ccc(N)cc1.NCCCCCCCCN. The van der Waals surface area contributed by atoms with Crippen LogP contribution in [-0.4, -0.2) is 13.1 Å². The van der Waals surface area contributed by atoms with E-state index in [9.17, 15) is 0 Å². The predicted molar refractivity (Wildman–Crippen MR) is 81.4 cm³/mol. The molecule has 1 rings (SSSR count). The number of hydrogen-bond acceptors (Lipinski definition) is 3. The molecule has 6 N–H and O–H groups in total. The fourth-order valence-electron chi connectivity index (χ4n) is 1.56. The molecule has 104 valence electrons. The summed E-state index contributed by atoms with van der Waals surface area (Å²) in [5.74, 6) is 0. The Morgan fingerprint density at radius 3 is 1.44 bits per heavy atom. The first-order valence-corrected chi connectivity index (χ1v) is 6.93. The van der Waals surface area contributed by atoms with Gasteiger partial charge in [0.25, 0.3) is 0 Å². The van der Waals surface area contributed by atoms with Gasteiger partial charge in [0.05, 0.1) is 0 Å². The van der Waals surface area contributed by atoms with Crippen LogP contribution in [-0.2, 0) is 0 Å². The topological polar surface area (TPSA) is 78.1 Å². The van der Waals surface area contributed by atoms with Gasteiger partial charge in [-0.05, 0) is 45.0 Å². The Balaban J connectivity index is 0.000000327. The van der Waals surface area contributed by atoms with Crippen molar-refractivity contribution in [3.8, 4) is 0 Å². The van der Waals surface area contributed by atoms with Crippen molar-refractivity contribution in [2.75, 3.05) is 18.8 Å². The average molecular weight is 251 g/mol. The van der Waals surface area contributed by atoms with Gasteiger partial charge >= 0.3 is 0 Å². The Morgan fingerprint density at radius 2 is 1.11 bits per heavy atom. The van der Waals surface area contributed by atoms with Crippen molar-refractivity contribution in [3.05, 3.63) is 29.8 Å². The number of benzene rings is 1. The van der Waals surface area contributed by atoms with Gasteiger partial charge in [-0.2, -0.15) is 0 Å². The highest BCUT2D eigenvalue weighted by atomic mass is 14.5. The second-order valence-corrected chi connectivity index (χ2v) is 4.61. The van der Waals surface area contributed by atoms with Crippen LogP contribution in [0.4, 0.5) is 5.69 Å². The van der Waals surface area contributed by atoms with E-state index in [0.717, 1.165) is 18.8 Å². The summed E-state index contributed by atoms with van der Waals surface area (Å²) in [5.41, 5.74) is 18.2. The van der Waals surface area contributed by atoms with Gasteiger partial charge in [-0.25, -0.2) is 0 Å². The second kappa shape index (κ2) is 12.4. The summed E-state index contributed by atoms with van der Waals surface area (Å²) in [6.07, 6.45) is 7.61. The van der Waals surface area contributed by atoms with Crippen molar-refractivity contribution in [2.45, 2.75) is 45.4 Å². The predicted octanol–water partition coefficient (Wildman–Crippen LogP) is 2.82.